The van der Waals surface area contributed by atoms with E-state index < -0.39 is 0 Å². The molecule has 4 heteroatoms. The molecule has 1 aliphatic heterocycles. The highest BCUT2D eigenvalue weighted by molar-refractivity contribution is 7.80. The Balaban J connectivity index is 2.51. The Bertz CT molecular complexity index is 182. The van der Waals surface area contributed by atoms with E-state index in [0.29, 0.717) is 5.11 Å². The van der Waals surface area contributed by atoms with Crippen molar-refractivity contribution in [2.24, 2.45) is 0 Å². The summed E-state index contributed by atoms with van der Waals surface area (Å²) >= 11 is 5.04. The molecule has 0 aromatic rings. The molecule has 1 saturated heterocycles. The molecule has 0 saturated carbocycles. The van der Waals surface area contributed by atoms with Crippen LogP contribution >= 0.6 is 12.2 Å². The second kappa shape index (κ2) is 3.58. The normalized spacial score (nSPS) is 27.6. The summed E-state index contributed by atoms with van der Waals surface area (Å²) in [6.45, 7) is 6.94. The lowest BCUT2D eigenvalue weighted by Gasteiger charge is -2.38. The van der Waals surface area contributed by atoms with Gasteiger partial charge in [0.15, 0.2) is 5.11 Å². The second-order valence-electron chi connectivity index (χ2n) is 3.63. The van der Waals surface area contributed by atoms with Crippen LogP contribution in [-0.2, 0) is 4.74 Å². The molecule has 0 aromatic heterocycles. The highest BCUT2D eigenvalue weighted by Gasteiger charge is 2.29. The first-order valence-corrected chi connectivity index (χ1v) is 4.64. The zero-order valence-electron chi connectivity index (χ0n) is 7.81. The third-order valence-electron chi connectivity index (χ3n) is 1.81. The van der Waals surface area contributed by atoms with Crippen molar-refractivity contribution in [2.75, 3.05) is 6.61 Å². The highest BCUT2D eigenvalue weighted by Crippen LogP contribution is 2.15. The van der Waals surface area contributed by atoms with Gasteiger partial charge in [0.25, 0.3) is 0 Å². The molecule has 1 aliphatic rings. The Hall–Kier alpha value is -0.350. The number of nitrogens with one attached hydrogen (secondary N) is 2. The van der Waals surface area contributed by atoms with Crippen LogP contribution in [0.5, 0.6) is 0 Å². The van der Waals surface area contributed by atoms with E-state index in [-0.39, 0.29) is 11.8 Å². The Kier molecular flexibility index (Phi) is 2.90. The van der Waals surface area contributed by atoms with Crippen LogP contribution in [0, 0.1) is 0 Å². The van der Waals surface area contributed by atoms with E-state index in [4.69, 9.17) is 17.0 Å². The minimum Gasteiger partial charge on any atom is -0.359 e. The van der Waals surface area contributed by atoms with Crippen molar-refractivity contribution in [1.82, 2.24) is 10.6 Å². The van der Waals surface area contributed by atoms with Gasteiger partial charge in [0.1, 0.15) is 6.23 Å². The number of hydrogen-bond acceptors (Lipinski definition) is 2. The van der Waals surface area contributed by atoms with E-state index in [1.807, 2.05) is 6.92 Å². The van der Waals surface area contributed by atoms with Gasteiger partial charge in [0.05, 0.1) is 0 Å². The molecule has 2 N–H and O–H groups in total. The largest absolute Gasteiger partial charge is 0.359 e. The summed E-state index contributed by atoms with van der Waals surface area (Å²) in [7, 11) is 0. The van der Waals surface area contributed by atoms with Gasteiger partial charge in [-0.15, -0.1) is 0 Å². The molecule has 70 valence electrons. The monoisotopic (exact) mass is 188 g/mol. The SMILES string of the molecule is CCOC1CC(C)(C)NC(=S)N1. The smallest absolute Gasteiger partial charge is 0.168 e. The van der Waals surface area contributed by atoms with E-state index in [1.165, 1.54) is 0 Å². The maximum atomic E-state index is 5.45. The molecular weight excluding hydrogens is 172 g/mol. The van der Waals surface area contributed by atoms with Crippen LogP contribution in [0.3, 0.4) is 0 Å². The molecule has 0 bridgehead atoms. The molecule has 12 heavy (non-hydrogen) atoms. The molecule has 0 amide bonds. The minimum absolute atomic E-state index is 0.0438. The van der Waals surface area contributed by atoms with Crippen molar-refractivity contribution >= 4 is 17.3 Å². The number of hydrogen-bond donors (Lipinski definition) is 2. The molecule has 0 radical (unpaired) electrons. The number of thiocarbonyl (C=S) groups is 1. The lowest BCUT2D eigenvalue weighted by Crippen LogP contribution is -2.59. The van der Waals surface area contributed by atoms with Crippen molar-refractivity contribution in [1.29, 1.82) is 0 Å². The summed E-state index contributed by atoms with van der Waals surface area (Å²) in [6, 6.07) is 0. The molecule has 1 atom stereocenters. The minimum atomic E-state index is 0.0438. The van der Waals surface area contributed by atoms with Crippen molar-refractivity contribution in [3.8, 4) is 0 Å². The summed E-state index contributed by atoms with van der Waals surface area (Å²) in [6.07, 6.45) is 1.000. The van der Waals surface area contributed by atoms with Crippen LogP contribution < -0.4 is 10.6 Å². The molecule has 1 unspecified atom stereocenters. The topological polar surface area (TPSA) is 33.3 Å². The Morgan fingerprint density at radius 3 is 2.83 bits per heavy atom. The number of ether oxygens (including phenoxy) is 1. The average Bonchev–Trinajstić information content (AvgIpc) is 1.82. The summed E-state index contributed by atoms with van der Waals surface area (Å²) in [4.78, 5) is 0. The molecule has 0 aromatic carbocycles. The fraction of sp³-hybridized carbons (Fsp3) is 0.875. The first-order chi connectivity index (χ1) is 5.53. The van der Waals surface area contributed by atoms with Gasteiger partial charge in [-0.2, -0.15) is 0 Å². The van der Waals surface area contributed by atoms with E-state index in [1.54, 1.807) is 0 Å². The number of rotatable bonds is 2. The van der Waals surface area contributed by atoms with E-state index in [2.05, 4.69) is 24.5 Å². The fourth-order valence-corrected chi connectivity index (χ4v) is 1.76. The van der Waals surface area contributed by atoms with E-state index >= 15 is 0 Å². The molecule has 1 rings (SSSR count). The Morgan fingerprint density at radius 1 is 1.67 bits per heavy atom. The van der Waals surface area contributed by atoms with Crippen LogP contribution in [0.15, 0.2) is 0 Å². The van der Waals surface area contributed by atoms with Crippen molar-refractivity contribution < 1.29 is 4.74 Å². The second-order valence-corrected chi connectivity index (χ2v) is 4.04. The predicted octanol–water partition coefficient (Wildman–Crippen LogP) is 0.995. The van der Waals surface area contributed by atoms with Gasteiger partial charge in [-0.3, -0.25) is 0 Å². The third kappa shape index (κ3) is 2.60. The molecule has 1 fully saturated rings. The quantitative estimate of drug-likeness (QED) is 0.633. The molecule has 0 aliphatic carbocycles. The molecular formula is C8H16N2OS. The summed E-state index contributed by atoms with van der Waals surface area (Å²) < 4.78 is 5.45. The van der Waals surface area contributed by atoms with Crippen LogP contribution in [0.1, 0.15) is 27.2 Å². The van der Waals surface area contributed by atoms with Crippen LogP contribution in [0.2, 0.25) is 0 Å². The van der Waals surface area contributed by atoms with Gasteiger partial charge in [-0.1, -0.05) is 0 Å². The van der Waals surface area contributed by atoms with Gasteiger partial charge in [0, 0.05) is 18.6 Å². The van der Waals surface area contributed by atoms with Crippen LogP contribution in [-0.4, -0.2) is 23.5 Å². The fourth-order valence-electron chi connectivity index (χ4n) is 1.36. The van der Waals surface area contributed by atoms with Gasteiger partial charge in [-0.05, 0) is 33.0 Å². The highest BCUT2D eigenvalue weighted by atomic mass is 32.1. The summed E-state index contributed by atoms with van der Waals surface area (Å²) in [5.74, 6) is 0. The van der Waals surface area contributed by atoms with E-state index in [9.17, 15) is 0 Å². The standard InChI is InChI=1S/C8H16N2OS/c1-4-11-6-5-8(2,3)10-7(12)9-6/h6H,4-5H2,1-3H3,(H2,9,10,12). The maximum Gasteiger partial charge on any atom is 0.168 e. The first kappa shape index (κ1) is 9.74. The Labute approximate surface area is 78.9 Å². The maximum absolute atomic E-state index is 5.45. The van der Waals surface area contributed by atoms with Gasteiger partial charge < -0.3 is 15.4 Å². The third-order valence-corrected chi connectivity index (χ3v) is 2.03. The zero-order chi connectivity index (χ0) is 9.19. The van der Waals surface area contributed by atoms with E-state index in [0.717, 1.165) is 13.0 Å². The van der Waals surface area contributed by atoms with Crippen molar-refractivity contribution in [3.63, 3.8) is 0 Å². The van der Waals surface area contributed by atoms with Crippen molar-refractivity contribution in [2.45, 2.75) is 39.0 Å². The summed E-state index contributed by atoms with van der Waals surface area (Å²) in [5, 5.41) is 6.94. The molecule has 1 heterocycles. The Morgan fingerprint density at radius 2 is 2.33 bits per heavy atom. The lowest BCUT2D eigenvalue weighted by atomic mass is 9.98. The predicted molar refractivity (Wildman–Crippen MR) is 53.0 cm³/mol. The first-order valence-electron chi connectivity index (χ1n) is 4.24. The molecule has 0 spiro atoms. The van der Waals surface area contributed by atoms with Crippen molar-refractivity contribution in [3.05, 3.63) is 0 Å². The molecule has 3 nitrogen and oxygen atoms in total. The van der Waals surface area contributed by atoms with Gasteiger partial charge >= 0.3 is 0 Å². The van der Waals surface area contributed by atoms with Crippen LogP contribution in [0.25, 0.3) is 0 Å². The lowest BCUT2D eigenvalue weighted by molar-refractivity contribution is 0.0222. The zero-order valence-corrected chi connectivity index (χ0v) is 8.62. The average molecular weight is 188 g/mol. The van der Waals surface area contributed by atoms with Gasteiger partial charge in [-0.25, -0.2) is 0 Å². The van der Waals surface area contributed by atoms with Gasteiger partial charge in [0.2, 0.25) is 0 Å². The summed E-state index contributed by atoms with van der Waals surface area (Å²) in [5.41, 5.74) is 0.0438. The van der Waals surface area contributed by atoms with Crippen LogP contribution in [0.4, 0.5) is 0 Å².